The first-order valence-electron chi connectivity index (χ1n) is 2.28. The number of hydrogen-bond acceptors (Lipinski definition) is 2. The molecule has 1 N–H and O–H groups in total. The second kappa shape index (κ2) is 11.7. The fraction of sp³-hybridized carbons (Fsp3) is 1.00. The number of nitrogens with one attached hydrogen (secondary N) is 1. The third-order valence-corrected chi connectivity index (χ3v) is 1.83. The van der Waals surface area contributed by atoms with Gasteiger partial charge >= 0.3 is 21.7 Å². The minimum absolute atomic E-state index is 0. The van der Waals surface area contributed by atoms with E-state index in [1.165, 1.54) is 24.6 Å². The van der Waals surface area contributed by atoms with Gasteiger partial charge in [-0.25, -0.2) is 0 Å². The van der Waals surface area contributed by atoms with Crippen molar-refractivity contribution in [1.29, 1.82) is 0 Å². The zero-order valence-electron chi connectivity index (χ0n) is 5.05. The normalized spacial score (nSPS) is 16.0. The van der Waals surface area contributed by atoms with Gasteiger partial charge in [-0.15, -0.1) is 0 Å². The monoisotopic (exact) mass is 183 g/mol. The SMILES string of the molecule is C1CSCCN1.[O-2].[O-2].[Ti+4]. The van der Waals surface area contributed by atoms with Crippen LogP contribution in [-0.2, 0) is 32.7 Å². The Bertz CT molecular complexity index is 34.0. The Balaban J connectivity index is -0.000000120. The van der Waals surface area contributed by atoms with Crippen LogP contribution in [0.25, 0.3) is 0 Å². The van der Waals surface area contributed by atoms with Crippen LogP contribution >= 0.6 is 11.8 Å². The summed E-state index contributed by atoms with van der Waals surface area (Å²) in [5, 5.41) is 3.26. The van der Waals surface area contributed by atoms with Crippen LogP contribution < -0.4 is 5.32 Å². The molecule has 1 fully saturated rings. The maximum Gasteiger partial charge on any atom is 4.00 e. The molecule has 1 heterocycles. The minimum Gasteiger partial charge on any atom is -2.00 e. The van der Waals surface area contributed by atoms with Gasteiger partial charge in [0.05, 0.1) is 0 Å². The van der Waals surface area contributed by atoms with Gasteiger partial charge < -0.3 is 16.3 Å². The van der Waals surface area contributed by atoms with Crippen molar-refractivity contribution in [1.82, 2.24) is 5.32 Å². The first kappa shape index (κ1) is 16.5. The quantitative estimate of drug-likeness (QED) is 0.540. The standard InChI is InChI=1S/C4H9NS.2O.Ti/c1-3-6-4-2-5-1;;;/h5H,1-4H2;;;/q;2*-2;+4. The molecule has 0 bridgehead atoms. The molecule has 0 atom stereocenters. The van der Waals surface area contributed by atoms with Crippen LogP contribution in [0.4, 0.5) is 0 Å². The van der Waals surface area contributed by atoms with E-state index < -0.39 is 0 Å². The van der Waals surface area contributed by atoms with E-state index >= 15 is 0 Å². The Labute approximate surface area is 74.5 Å². The molecule has 0 amide bonds. The third kappa shape index (κ3) is 8.94. The van der Waals surface area contributed by atoms with Crippen molar-refractivity contribution in [3.8, 4) is 0 Å². The Hall–Kier alpha value is 0.944. The number of hydrogen-bond donors (Lipinski definition) is 1. The van der Waals surface area contributed by atoms with E-state index in [2.05, 4.69) is 5.32 Å². The predicted molar refractivity (Wildman–Crippen MR) is 31.6 cm³/mol. The molecule has 1 aliphatic rings. The molecular formula is C4H9NO2STi. The summed E-state index contributed by atoms with van der Waals surface area (Å²) in [5.41, 5.74) is 0. The minimum atomic E-state index is 0. The van der Waals surface area contributed by atoms with Crippen LogP contribution in [-0.4, -0.2) is 24.6 Å². The van der Waals surface area contributed by atoms with Crippen LogP contribution in [0, 0.1) is 0 Å². The van der Waals surface area contributed by atoms with Crippen LogP contribution in [0.2, 0.25) is 0 Å². The van der Waals surface area contributed by atoms with Crippen LogP contribution in [0.1, 0.15) is 0 Å². The molecule has 1 saturated heterocycles. The molecule has 0 aromatic rings. The van der Waals surface area contributed by atoms with Crippen molar-refractivity contribution in [3.05, 3.63) is 0 Å². The van der Waals surface area contributed by atoms with E-state index in [0.29, 0.717) is 0 Å². The van der Waals surface area contributed by atoms with E-state index in [9.17, 15) is 0 Å². The summed E-state index contributed by atoms with van der Waals surface area (Å²) < 4.78 is 0. The third-order valence-electron chi connectivity index (χ3n) is 0.846. The van der Waals surface area contributed by atoms with Gasteiger partial charge in [-0.3, -0.25) is 0 Å². The fourth-order valence-electron chi connectivity index (χ4n) is 0.516. The number of thioether (sulfide) groups is 1. The molecule has 9 heavy (non-hydrogen) atoms. The maximum absolute atomic E-state index is 3.26. The molecule has 0 aromatic carbocycles. The van der Waals surface area contributed by atoms with Gasteiger partial charge in [0.2, 0.25) is 0 Å². The van der Waals surface area contributed by atoms with Crippen LogP contribution in [0.15, 0.2) is 0 Å². The zero-order valence-corrected chi connectivity index (χ0v) is 7.43. The molecule has 0 aliphatic carbocycles. The van der Waals surface area contributed by atoms with Crippen molar-refractivity contribution in [3.63, 3.8) is 0 Å². The van der Waals surface area contributed by atoms with E-state index in [-0.39, 0.29) is 32.7 Å². The second-order valence-electron chi connectivity index (χ2n) is 1.36. The number of rotatable bonds is 0. The summed E-state index contributed by atoms with van der Waals surface area (Å²) in [6.07, 6.45) is 0. The smallest absolute Gasteiger partial charge is 2.00 e. The molecule has 0 unspecified atom stereocenters. The van der Waals surface area contributed by atoms with Gasteiger partial charge in [0, 0.05) is 24.6 Å². The van der Waals surface area contributed by atoms with Gasteiger partial charge in [-0.1, -0.05) is 0 Å². The van der Waals surface area contributed by atoms with Crippen LogP contribution in [0.5, 0.6) is 0 Å². The van der Waals surface area contributed by atoms with E-state index in [1.54, 1.807) is 0 Å². The summed E-state index contributed by atoms with van der Waals surface area (Å²) in [5.74, 6) is 2.61. The summed E-state index contributed by atoms with van der Waals surface area (Å²) in [6, 6.07) is 0. The Kier molecular flexibility index (Phi) is 21.5. The second-order valence-corrected chi connectivity index (χ2v) is 2.59. The van der Waals surface area contributed by atoms with E-state index in [4.69, 9.17) is 0 Å². The van der Waals surface area contributed by atoms with Gasteiger partial charge in [0.1, 0.15) is 0 Å². The molecule has 3 nitrogen and oxygen atoms in total. The molecule has 5 heteroatoms. The Morgan fingerprint density at radius 2 is 1.44 bits per heavy atom. The molecule has 0 radical (unpaired) electrons. The molecule has 0 saturated carbocycles. The first-order chi connectivity index (χ1) is 3.00. The molecule has 0 spiro atoms. The Morgan fingerprint density at radius 1 is 1.00 bits per heavy atom. The van der Waals surface area contributed by atoms with Crippen molar-refractivity contribution < 1.29 is 32.7 Å². The van der Waals surface area contributed by atoms with Gasteiger partial charge in [-0.2, -0.15) is 11.8 Å². The molecule has 0 aromatic heterocycles. The van der Waals surface area contributed by atoms with Crippen molar-refractivity contribution in [2.45, 2.75) is 0 Å². The predicted octanol–water partition coefficient (Wildman–Crippen LogP) is 0.0827. The van der Waals surface area contributed by atoms with Crippen molar-refractivity contribution >= 4 is 11.8 Å². The summed E-state index contributed by atoms with van der Waals surface area (Å²) in [6.45, 7) is 2.43. The van der Waals surface area contributed by atoms with Gasteiger partial charge in [-0.05, 0) is 0 Å². The average Bonchev–Trinajstić information content (AvgIpc) is 1.72. The largest absolute Gasteiger partial charge is 4.00 e. The topological polar surface area (TPSA) is 69.0 Å². The molecule has 1 aliphatic heterocycles. The van der Waals surface area contributed by atoms with Gasteiger partial charge in [0.15, 0.2) is 0 Å². The first-order valence-corrected chi connectivity index (χ1v) is 3.44. The zero-order chi connectivity index (χ0) is 4.24. The molecule has 1 rings (SSSR count). The maximum atomic E-state index is 3.26. The van der Waals surface area contributed by atoms with Gasteiger partial charge in [0.25, 0.3) is 0 Å². The average molecular weight is 183 g/mol. The van der Waals surface area contributed by atoms with Crippen molar-refractivity contribution in [2.75, 3.05) is 24.6 Å². The Morgan fingerprint density at radius 3 is 1.56 bits per heavy atom. The molecular weight excluding hydrogens is 174 g/mol. The van der Waals surface area contributed by atoms with E-state index in [1.807, 2.05) is 11.8 Å². The van der Waals surface area contributed by atoms with Crippen LogP contribution in [0.3, 0.4) is 0 Å². The van der Waals surface area contributed by atoms with E-state index in [0.717, 1.165) is 0 Å². The fourth-order valence-corrected chi connectivity index (χ4v) is 1.30. The summed E-state index contributed by atoms with van der Waals surface area (Å²) >= 11 is 2.03. The summed E-state index contributed by atoms with van der Waals surface area (Å²) in [7, 11) is 0. The molecule has 52 valence electrons. The summed E-state index contributed by atoms with van der Waals surface area (Å²) in [4.78, 5) is 0. The van der Waals surface area contributed by atoms with Crippen molar-refractivity contribution in [2.24, 2.45) is 0 Å².